The van der Waals surface area contributed by atoms with Gasteiger partial charge in [-0.15, -0.1) is 0 Å². The summed E-state index contributed by atoms with van der Waals surface area (Å²) in [5.41, 5.74) is 0. The fraction of sp³-hybridized carbons (Fsp3) is 0.571. The number of carboxylic acid groups (broad SMARTS) is 1. The predicted molar refractivity (Wildman–Crippen MR) is 74.1 cm³/mol. The van der Waals surface area contributed by atoms with E-state index in [0.717, 1.165) is 0 Å². The second kappa shape index (κ2) is 6.17. The largest absolute Gasteiger partial charge is 0.475 e. The molecule has 2 atom stereocenters. The lowest BCUT2D eigenvalue weighted by Crippen LogP contribution is -2.51. The van der Waals surface area contributed by atoms with Gasteiger partial charge < -0.3 is 24.1 Å². The number of hydrogen-bond acceptors (Lipinski definition) is 4. The van der Waals surface area contributed by atoms with E-state index in [1.807, 2.05) is 13.8 Å². The molecule has 1 saturated heterocycles. The zero-order valence-corrected chi connectivity index (χ0v) is 12.4. The van der Waals surface area contributed by atoms with Crippen LogP contribution in [-0.2, 0) is 11.3 Å². The highest BCUT2D eigenvalue weighted by Gasteiger charge is 2.28. The van der Waals surface area contributed by atoms with Gasteiger partial charge in [-0.2, -0.15) is 0 Å². The third-order valence-corrected chi connectivity index (χ3v) is 3.28. The normalized spacial score (nSPS) is 22.1. The topological polar surface area (TPSA) is 83.2 Å². The second-order valence-electron chi connectivity index (χ2n) is 5.37. The molecule has 2 rings (SSSR count). The van der Waals surface area contributed by atoms with Gasteiger partial charge in [0.2, 0.25) is 5.76 Å². The lowest BCUT2D eigenvalue weighted by molar-refractivity contribution is -0.0578. The van der Waals surface area contributed by atoms with Gasteiger partial charge in [0.25, 0.3) is 0 Å². The van der Waals surface area contributed by atoms with Crippen LogP contribution in [0.15, 0.2) is 16.5 Å². The first-order valence-electron chi connectivity index (χ1n) is 6.84. The number of nitrogens with zero attached hydrogens (tertiary/aromatic N) is 2. The molecule has 1 aromatic rings. The number of urea groups is 1. The van der Waals surface area contributed by atoms with Crippen LogP contribution >= 0.6 is 0 Å². The average molecular weight is 296 g/mol. The maximum absolute atomic E-state index is 12.4. The molecule has 0 unspecified atom stereocenters. The Bertz CT molecular complexity index is 517. The second-order valence-corrected chi connectivity index (χ2v) is 5.37. The van der Waals surface area contributed by atoms with Crippen LogP contribution in [0, 0.1) is 0 Å². The van der Waals surface area contributed by atoms with E-state index >= 15 is 0 Å². The molecular formula is C14H20N2O5. The summed E-state index contributed by atoms with van der Waals surface area (Å²) in [7, 11) is 1.66. The smallest absolute Gasteiger partial charge is 0.371 e. The molecule has 116 valence electrons. The van der Waals surface area contributed by atoms with Crippen molar-refractivity contribution in [3.05, 3.63) is 23.7 Å². The number of furan rings is 1. The molecule has 0 aromatic carbocycles. The van der Waals surface area contributed by atoms with Gasteiger partial charge in [0, 0.05) is 20.1 Å². The molecule has 2 heterocycles. The van der Waals surface area contributed by atoms with Crippen LogP contribution in [0.3, 0.4) is 0 Å². The number of ether oxygens (including phenoxy) is 1. The van der Waals surface area contributed by atoms with Crippen molar-refractivity contribution in [2.75, 3.05) is 20.1 Å². The Hall–Kier alpha value is -2.02. The summed E-state index contributed by atoms with van der Waals surface area (Å²) in [4.78, 5) is 26.4. The highest BCUT2D eigenvalue weighted by Crippen LogP contribution is 2.15. The zero-order chi connectivity index (χ0) is 15.6. The molecule has 0 saturated carbocycles. The number of carbonyl (C=O) groups excluding carboxylic acids is 1. The van der Waals surface area contributed by atoms with Crippen molar-refractivity contribution in [2.45, 2.75) is 32.6 Å². The van der Waals surface area contributed by atoms with E-state index in [2.05, 4.69) is 0 Å². The third-order valence-electron chi connectivity index (χ3n) is 3.28. The number of hydrogen-bond donors (Lipinski definition) is 1. The van der Waals surface area contributed by atoms with Crippen molar-refractivity contribution >= 4 is 12.0 Å². The molecule has 1 N–H and O–H groups in total. The van der Waals surface area contributed by atoms with Gasteiger partial charge in [0.1, 0.15) is 5.76 Å². The van der Waals surface area contributed by atoms with Crippen molar-refractivity contribution in [1.82, 2.24) is 9.80 Å². The molecule has 2 amide bonds. The minimum absolute atomic E-state index is 0.00771. The fourth-order valence-electron chi connectivity index (χ4n) is 2.45. The third kappa shape index (κ3) is 3.75. The van der Waals surface area contributed by atoms with E-state index in [0.29, 0.717) is 18.8 Å². The number of carboxylic acids is 1. The van der Waals surface area contributed by atoms with Crippen LogP contribution in [0.4, 0.5) is 4.79 Å². The molecule has 1 aliphatic rings. The average Bonchev–Trinajstić information content (AvgIpc) is 2.85. The molecule has 1 fully saturated rings. The lowest BCUT2D eigenvalue weighted by atomic mass is 10.2. The summed E-state index contributed by atoms with van der Waals surface area (Å²) in [6.07, 6.45) is 0.0154. The van der Waals surface area contributed by atoms with E-state index in [-0.39, 0.29) is 30.5 Å². The van der Waals surface area contributed by atoms with E-state index in [1.54, 1.807) is 18.0 Å². The number of amides is 2. The van der Waals surface area contributed by atoms with Gasteiger partial charge in [0.15, 0.2) is 0 Å². The Balaban J connectivity index is 1.96. The van der Waals surface area contributed by atoms with Crippen LogP contribution < -0.4 is 0 Å². The molecule has 0 radical (unpaired) electrons. The summed E-state index contributed by atoms with van der Waals surface area (Å²) in [6, 6.07) is 2.83. The molecule has 0 spiro atoms. The van der Waals surface area contributed by atoms with Crippen molar-refractivity contribution < 1.29 is 23.8 Å². The summed E-state index contributed by atoms with van der Waals surface area (Å²) in [5, 5.41) is 8.81. The zero-order valence-electron chi connectivity index (χ0n) is 12.4. The van der Waals surface area contributed by atoms with Gasteiger partial charge in [-0.3, -0.25) is 0 Å². The fourth-order valence-corrected chi connectivity index (χ4v) is 2.45. The molecule has 1 aliphatic heterocycles. The highest BCUT2D eigenvalue weighted by molar-refractivity contribution is 5.84. The van der Waals surface area contributed by atoms with Crippen molar-refractivity contribution in [3.8, 4) is 0 Å². The lowest BCUT2D eigenvalue weighted by Gasteiger charge is -2.37. The quantitative estimate of drug-likeness (QED) is 0.916. The molecule has 1 aromatic heterocycles. The first-order valence-corrected chi connectivity index (χ1v) is 6.84. The van der Waals surface area contributed by atoms with Crippen molar-refractivity contribution in [2.24, 2.45) is 0 Å². The molecule has 7 nitrogen and oxygen atoms in total. The number of morpholine rings is 1. The van der Waals surface area contributed by atoms with Gasteiger partial charge in [-0.1, -0.05) is 0 Å². The summed E-state index contributed by atoms with van der Waals surface area (Å²) in [5.74, 6) is -0.803. The SMILES string of the molecule is C[C@@H]1CN(C(=O)N(C)Cc2ccc(C(=O)O)o2)C[C@H](C)O1. The maximum Gasteiger partial charge on any atom is 0.371 e. The maximum atomic E-state index is 12.4. The van der Waals surface area contributed by atoms with Gasteiger partial charge in [-0.05, 0) is 26.0 Å². The first-order chi connectivity index (χ1) is 9.86. The highest BCUT2D eigenvalue weighted by atomic mass is 16.5. The summed E-state index contributed by atoms with van der Waals surface area (Å²) in [6.45, 7) is 5.19. The minimum Gasteiger partial charge on any atom is -0.475 e. The predicted octanol–water partition coefficient (Wildman–Crippen LogP) is 1.64. The van der Waals surface area contributed by atoms with Crippen molar-refractivity contribution in [1.29, 1.82) is 0 Å². The van der Waals surface area contributed by atoms with Crippen molar-refractivity contribution in [3.63, 3.8) is 0 Å². The van der Waals surface area contributed by atoms with Gasteiger partial charge in [-0.25, -0.2) is 9.59 Å². The number of carbonyl (C=O) groups is 2. The van der Waals surface area contributed by atoms with Crippen LogP contribution in [0.1, 0.15) is 30.2 Å². The Kier molecular flexibility index (Phi) is 4.52. The Labute approximate surface area is 123 Å². The molecule has 0 aliphatic carbocycles. The van der Waals surface area contributed by atoms with Crippen LogP contribution in [0.2, 0.25) is 0 Å². The number of rotatable bonds is 3. The standard InChI is InChI=1S/C14H20N2O5/c1-9-6-16(7-10(2)20-9)14(19)15(3)8-11-4-5-12(21-11)13(17)18/h4-5,9-10H,6-8H2,1-3H3,(H,17,18)/t9-,10+. The Morgan fingerprint density at radius 1 is 1.33 bits per heavy atom. The molecular weight excluding hydrogens is 276 g/mol. The van der Waals surface area contributed by atoms with Crippen LogP contribution in [0.25, 0.3) is 0 Å². The van der Waals surface area contributed by atoms with Crippen LogP contribution in [0.5, 0.6) is 0 Å². The van der Waals surface area contributed by atoms with E-state index < -0.39 is 5.97 Å². The van der Waals surface area contributed by atoms with E-state index in [1.165, 1.54) is 11.0 Å². The summed E-state index contributed by atoms with van der Waals surface area (Å²) < 4.78 is 10.8. The minimum atomic E-state index is -1.12. The first kappa shape index (κ1) is 15.4. The molecule has 0 bridgehead atoms. The number of aromatic carboxylic acids is 1. The monoisotopic (exact) mass is 296 g/mol. The van der Waals surface area contributed by atoms with Gasteiger partial charge in [0.05, 0.1) is 18.8 Å². The Morgan fingerprint density at radius 3 is 2.48 bits per heavy atom. The Morgan fingerprint density at radius 2 is 1.95 bits per heavy atom. The van der Waals surface area contributed by atoms with E-state index in [9.17, 15) is 9.59 Å². The van der Waals surface area contributed by atoms with E-state index in [4.69, 9.17) is 14.3 Å². The molecule has 21 heavy (non-hydrogen) atoms. The van der Waals surface area contributed by atoms with Crippen LogP contribution in [-0.4, -0.2) is 59.3 Å². The molecule has 7 heteroatoms. The summed E-state index contributed by atoms with van der Waals surface area (Å²) >= 11 is 0. The van der Waals surface area contributed by atoms with Gasteiger partial charge >= 0.3 is 12.0 Å².